The second kappa shape index (κ2) is 8.77. The van der Waals surface area contributed by atoms with Crippen LogP contribution in [0.25, 0.3) is 0 Å². The van der Waals surface area contributed by atoms with Gasteiger partial charge in [-0.25, -0.2) is 0 Å². The molecule has 25 heavy (non-hydrogen) atoms. The van der Waals surface area contributed by atoms with Crippen LogP contribution in [0.3, 0.4) is 0 Å². The minimum absolute atomic E-state index is 0.0909. The van der Waals surface area contributed by atoms with Gasteiger partial charge in [-0.2, -0.15) is 11.3 Å². The van der Waals surface area contributed by atoms with E-state index in [0.717, 1.165) is 13.1 Å². The van der Waals surface area contributed by atoms with E-state index in [1.54, 1.807) is 11.3 Å². The van der Waals surface area contributed by atoms with E-state index in [2.05, 4.69) is 36.7 Å². The smallest absolute Gasteiger partial charge is 0.314 e. The Morgan fingerprint density at radius 2 is 2.00 bits per heavy atom. The number of thiophene rings is 1. The average molecular weight is 362 g/mol. The Balaban J connectivity index is 1.60. The van der Waals surface area contributed by atoms with Crippen LogP contribution in [0.15, 0.2) is 33.7 Å². The molecule has 0 aliphatic carbocycles. The van der Waals surface area contributed by atoms with Gasteiger partial charge in [0.25, 0.3) is 0 Å². The summed E-state index contributed by atoms with van der Waals surface area (Å²) in [4.78, 5) is 26.4. The fourth-order valence-electron chi connectivity index (χ4n) is 3.05. The van der Waals surface area contributed by atoms with Crippen LogP contribution in [0, 0.1) is 0 Å². The van der Waals surface area contributed by atoms with Gasteiger partial charge < -0.3 is 9.84 Å². The Hall–Kier alpha value is -2.19. The van der Waals surface area contributed by atoms with Crippen molar-refractivity contribution in [2.24, 2.45) is 0 Å². The first-order chi connectivity index (χ1) is 12.2. The number of likely N-dealkylation sites (tertiary alicyclic amines) is 1. The van der Waals surface area contributed by atoms with Crippen LogP contribution >= 0.6 is 11.3 Å². The first kappa shape index (κ1) is 17.6. The van der Waals surface area contributed by atoms with Gasteiger partial charge in [-0.3, -0.25) is 19.8 Å². The van der Waals surface area contributed by atoms with Gasteiger partial charge in [0.05, 0.1) is 6.04 Å². The molecule has 1 saturated heterocycles. The topological polar surface area (TPSA) is 87.5 Å². The van der Waals surface area contributed by atoms with E-state index in [1.165, 1.54) is 43.6 Å². The van der Waals surface area contributed by atoms with Gasteiger partial charge in [0.1, 0.15) is 6.26 Å². The summed E-state index contributed by atoms with van der Waals surface area (Å²) in [6, 6.07) is 3.66. The van der Waals surface area contributed by atoms with Crippen molar-refractivity contribution < 1.29 is 14.1 Å². The lowest BCUT2D eigenvalue weighted by Gasteiger charge is -2.30. The molecule has 7 nitrogen and oxygen atoms in total. The average Bonchev–Trinajstić information content (AvgIpc) is 3.25. The third kappa shape index (κ3) is 4.90. The molecule has 2 aromatic heterocycles. The van der Waals surface area contributed by atoms with Crippen molar-refractivity contribution in [1.29, 1.82) is 0 Å². The van der Waals surface area contributed by atoms with Gasteiger partial charge in [0.2, 0.25) is 0 Å². The van der Waals surface area contributed by atoms with Crippen LogP contribution in [-0.4, -0.2) is 41.5 Å². The number of aromatic nitrogens is 1. The minimum atomic E-state index is -0.742. The summed E-state index contributed by atoms with van der Waals surface area (Å²) in [5.74, 6) is -1.19. The molecule has 3 rings (SSSR count). The summed E-state index contributed by atoms with van der Waals surface area (Å²) in [5, 5.41) is 12.9. The highest BCUT2D eigenvalue weighted by Gasteiger charge is 2.24. The lowest BCUT2D eigenvalue weighted by Crippen LogP contribution is -2.42. The maximum absolute atomic E-state index is 12.1. The fourth-order valence-corrected chi connectivity index (χ4v) is 3.76. The molecule has 1 atom stereocenters. The Morgan fingerprint density at radius 3 is 2.64 bits per heavy atom. The van der Waals surface area contributed by atoms with E-state index in [9.17, 15) is 9.59 Å². The molecule has 0 unspecified atom stereocenters. The predicted molar refractivity (Wildman–Crippen MR) is 95.2 cm³/mol. The Labute approximate surface area is 150 Å². The van der Waals surface area contributed by atoms with Crippen LogP contribution < -0.4 is 10.6 Å². The summed E-state index contributed by atoms with van der Waals surface area (Å²) < 4.78 is 4.63. The molecule has 2 N–H and O–H groups in total. The Kier molecular flexibility index (Phi) is 6.19. The Bertz CT molecular complexity index is 664. The van der Waals surface area contributed by atoms with Crippen LogP contribution in [0.1, 0.15) is 37.3 Å². The van der Waals surface area contributed by atoms with Gasteiger partial charge in [0.15, 0.2) is 5.82 Å². The van der Waals surface area contributed by atoms with E-state index in [0.29, 0.717) is 6.54 Å². The van der Waals surface area contributed by atoms with Crippen molar-refractivity contribution in [3.05, 3.63) is 34.7 Å². The third-order valence-corrected chi connectivity index (χ3v) is 5.05. The highest BCUT2D eigenvalue weighted by Crippen LogP contribution is 2.25. The zero-order valence-corrected chi connectivity index (χ0v) is 14.8. The summed E-state index contributed by atoms with van der Waals surface area (Å²) in [6.07, 6.45) is 6.17. The SMILES string of the molecule is O=C(NC[C@H](c1ccsc1)N1CCCCCC1)C(=O)Nc1ccon1. The molecule has 3 heterocycles. The third-order valence-electron chi connectivity index (χ3n) is 4.35. The Morgan fingerprint density at radius 1 is 1.20 bits per heavy atom. The maximum Gasteiger partial charge on any atom is 0.314 e. The quantitative estimate of drug-likeness (QED) is 0.798. The van der Waals surface area contributed by atoms with E-state index in [-0.39, 0.29) is 11.9 Å². The molecule has 1 aliphatic heterocycles. The number of amides is 2. The van der Waals surface area contributed by atoms with Crippen molar-refractivity contribution in [1.82, 2.24) is 15.4 Å². The number of nitrogens with one attached hydrogen (secondary N) is 2. The number of carbonyl (C=O) groups excluding carboxylic acids is 2. The van der Waals surface area contributed by atoms with E-state index in [1.807, 2.05) is 5.38 Å². The number of rotatable bonds is 5. The molecule has 1 aliphatic rings. The molecule has 0 spiro atoms. The monoisotopic (exact) mass is 362 g/mol. The summed E-state index contributed by atoms with van der Waals surface area (Å²) in [7, 11) is 0. The molecule has 134 valence electrons. The first-order valence-corrected chi connectivity index (χ1v) is 9.44. The van der Waals surface area contributed by atoms with Gasteiger partial charge in [-0.1, -0.05) is 18.0 Å². The highest BCUT2D eigenvalue weighted by molar-refractivity contribution is 7.07. The molecule has 0 radical (unpaired) electrons. The predicted octanol–water partition coefficient (Wildman–Crippen LogP) is 2.41. The zero-order valence-electron chi connectivity index (χ0n) is 13.9. The van der Waals surface area contributed by atoms with Crippen molar-refractivity contribution in [2.45, 2.75) is 31.7 Å². The summed E-state index contributed by atoms with van der Waals surface area (Å²) in [6.45, 7) is 2.44. The molecule has 8 heteroatoms. The first-order valence-electron chi connectivity index (χ1n) is 8.50. The standard InChI is InChI=1S/C17H22N4O3S/c22-16(17(23)19-15-5-9-24-20-15)18-11-14(13-6-10-25-12-13)21-7-3-1-2-4-8-21/h5-6,9-10,12,14H,1-4,7-8,11H2,(H,18,22)(H,19,20,23)/t14-/m1/s1. The fraction of sp³-hybridized carbons (Fsp3) is 0.471. The van der Waals surface area contributed by atoms with E-state index < -0.39 is 11.8 Å². The van der Waals surface area contributed by atoms with Gasteiger partial charge in [-0.15, -0.1) is 0 Å². The lowest BCUT2D eigenvalue weighted by atomic mass is 10.1. The van der Waals surface area contributed by atoms with Crippen LogP contribution in [-0.2, 0) is 9.59 Å². The molecule has 0 bridgehead atoms. The van der Waals surface area contributed by atoms with Crippen LogP contribution in [0.5, 0.6) is 0 Å². The largest absolute Gasteiger partial charge is 0.363 e. The van der Waals surface area contributed by atoms with Crippen molar-refractivity contribution in [2.75, 3.05) is 25.0 Å². The van der Waals surface area contributed by atoms with E-state index >= 15 is 0 Å². The second-order valence-electron chi connectivity index (χ2n) is 6.07. The molecule has 1 fully saturated rings. The highest BCUT2D eigenvalue weighted by atomic mass is 32.1. The van der Waals surface area contributed by atoms with Crippen molar-refractivity contribution in [3.63, 3.8) is 0 Å². The van der Waals surface area contributed by atoms with Gasteiger partial charge >= 0.3 is 11.8 Å². The maximum atomic E-state index is 12.1. The van der Waals surface area contributed by atoms with Crippen LogP contribution in [0.2, 0.25) is 0 Å². The molecule has 0 saturated carbocycles. The van der Waals surface area contributed by atoms with Crippen molar-refractivity contribution in [3.8, 4) is 0 Å². The molecule has 2 amide bonds. The van der Waals surface area contributed by atoms with Gasteiger partial charge in [-0.05, 0) is 48.3 Å². The second-order valence-corrected chi connectivity index (χ2v) is 6.85. The number of anilines is 1. The van der Waals surface area contributed by atoms with Crippen molar-refractivity contribution >= 4 is 29.0 Å². The summed E-state index contributed by atoms with van der Waals surface area (Å²) >= 11 is 1.64. The molecular formula is C17H22N4O3S. The molecule has 0 aromatic carbocycles. The number of carbonyl (C=O) groups is 2. The van der Waals surface area contributed by atoms with E-state index in [4.69, 9.17) is 0 Å². The normalized spacial score (nSPS) is 16.8. The molecular weight excluding hydrogens is 340 g/mol. The molecule has 2 aromatic rings. The number of nitrogens with zero attached hydrogens (tertiary/aromatic N) is 2. The minimum Gasteiger partial charge on any atom is -0.363 e. The lowest BCUT2D eigenvalue weighted by molar-refractivity contribution is -0.136. The number of hydrogen-bond donors (Lipinski definition) is 2. The van der Waals surface area contributed by atoms with Gasteiger partial charge in [0, 0.05) is 12.6 Å². The summed E-state index contributed by atoms with van der Waals surface area (Å²) in [5.41, 5.74) is 1.18. The number of hydrogen-bond acceptors (Lipinski definition) is 6. The van der Waals surface area contributed by atoms with Crippen LogP contribution in [0.4, 0.5) is 5.82 Å². The zero-order chi connectivity index (χ0) is 17.5.